The quantitative estimate of drug-likeness (QED) is 0.366. The number of carbonyl (C=O) groups is 1. The van der Waals surface area contributed by atoms with E-state index in [9.17, 15) is 23.5 Å². The van der Waals surface area contributed by atoms with Gasteiger partial charge in [0.2, 0.25) is 13.5 Å². The molecule has 0 radical (unpaired) electrons. The zero-order chi connectivity index (χ0) is 23.1. The van der Waals surface area contributed by atoms with Crippen molar-refractivity contribution >= 4 is 25.2 Å². The standard InChI is InChI=1S/C20H17BClF2N3O4/c1-9-7-25-14(11(3)28)6-15(9)27-10(2)4-16(17(22)19(27)29)31-20(21,30)18-13(24)5-12(23)8-26-18/h4-8,30H,21H2,1-3H3. The van der Waals surface area contributed by atoms with Crippen LogP contribution >= 0.6 is 11.6 Å². The van der Waals surface area contributed by atoms with Crippen molar-refractivity contribution in [2.24, 2.45) is 0 Å². The van der Waals surface area contributed by atoms with Crippen LogP contribution in [0.4, 0.5) is 8.78 Å². The molecule has 1 atom stereocenters. The Kier molecular flexibility index (Phi) is 5.97. The second-order valence-corrected chi connectivity index (χ2v) is 7.46. The Bertz CT molecular complexity index is 1260. The van der Waals surface area contributed by atoms with Gasteiger partial charge in [-0.3, -0.25) is 19.1 Å². The Morgan fingerprint density at radius 3 is 2.52 bits per heavy atom. The first-order chi connectivity index (χ1) is 14.4. The highest BCUT2D eigenvalue weighted by Crippen LogP contribution is 2.30. The third-order valence-corrected chi connectivity index (χ3v) is 4.88. The molecule has 1 N–H and O–H groups in total. The highest BCUT2D eigenvalue weighted by molar-refractivity contribution is 6.32. The lowest BCUT2D eigenvalue weighted by Gasteiger charge is -2.26. The average Bonchev–Trinajstić information content (AvgIpc) is 2.66. The van der Waals surface area contributed by atoms with Gasteiger partial charge in [-0.05, 0) is 25.5 Å². The normalized spacial score (nSPS) is 13.0. The number of halogens is 3. The summed E-state index contributed by atoms with van der Waals surface area (Å²) in [6.45, 7) is 4.65. The van der Waals surface area contributed by atoms with Crippen LogP contribution in [0.2, 0.25) is 5.02 Å². The molecule has 7 nitrogen and oxygen atoms in total. The summed E-state index contributed by atoms with van der Waals surface area (Å²) in [6.07, 6.45) is 2.18. The van der Waals surface area contributed by atoms with Gasteiger partial charge in [0.1, 0.15) is 28.0 Å². The molecule has 0 aliphatic rings. The van der Waals surface area contributed by atoms with Gasteiger partial charge in [0.05, 0.1) is 11.9 Å². The van der Waals surface area contributed by atoms with Gasteiger partial charge in [-0.2, -0.15) is 0 Å². The van der Waals surface area contributed by atoms with E-state index in [4.69, 9.17) is 16.3 Å². The third kappa shape index (κ3) is 4.35. The summed E-state index contributed by atoms with van der Waals surface area (Å²) in [5.74, 6) is -2.56. The second kappa shape index (κ2) is 8.20. The molecule has 0 fully saturated rings. The molecule has 0 aliphatic carbocycles. The van der Waals surface area contributed by atoms with E-state index >= 15 is 0 Å². The number of Topliss-reactive ketones (excluding diaryl/α,β-unsaturated/α-hetero) is 1. The zero-order valence-corrected chi connectivity index (χ0v) is 17.8. The van der Waals surface area contributed by atoms with Crippen LogP contribution in [0.15, 0.2) is 35.4 Å². The molecule has 0 amide bonds. The summed E-state index contributed by atoms with van der Waals surface area (Å²) in [5, 5.41) is 10.2. The van der Waals surface area contributed by atoms with Gasteiger partial charge in [0, 0.05) is 30.9 Å². The molecule has 0 spiro atoms. The Balaban J connectivity index is 2.10. The molecule has 3 heterocycles. The monoisotopic (exact) mass is 447 g/mol. The first-order valence-corrected chi connectivity index (χ1v) is 9.43. The number of hydrogen-bond acceptors (Lipinski definition) is 6. The molecule has 3 rings (SSSR count). The molecular weight excluding hydrogens is 430 g/mol. The number of aryl methyl sites for hydroxylation is 2. The first kappa shape index (κ1) is 22.6. The van der Waals surface area contributed by atoms with E-state index in [2.05, 4.69) is 9.97 Å². The van der Waals surface area contributed by atoms with Crippen molar-refractivity contribution in [1.82, 2.24) is 14.5 Å². The maximum atomic E-state index is 14.1. The van der Waals surface area contributed by atoms with Crippen LogP contribution in [0.25, 0.3) is 5.69 Å². The number of nitrogens with zero attached hydrogens (tertiary/aromatic N) is 3. The number of rotatable bonds is 5. The van der Waals surface area contributed by atoms with Crippen LogP contribution in [-0.4, -0.2) is 33.3 Å². The molecule has 0 aliphatic heterocycles. The fourth-order valence-electron chi connectivity index (χ4n) is 3.02. The molecule has 3 aromatic heterocycles. The number of pyridine rings is 3. The number of aliphatic hydroxyl groups is 1. The fourth-order valence-corrected chi connectivity index (χ4v) is 3.20. The van der Waals surface area contributed by atoms with Gasteiger partial charge in [0.15, 0.2) is 11.6 Å². The lowest BCUT2D eigenvalue weighted by molar-refractivity contribution is -0.0736. The predicted molar refractivity (Wildman–Crippen MR) is 112 cm³/mol. The SMILES string of the molecule is BC(O)(Oc1cc(C)n(-c2cc(C(C)=O)ncc2C)c(=O)c1Cl)c1ncc(F)cc1F. The molecule has 0 aromatic carbocycles. The van der Waals surface area contributed by atoms with Crippen LogP contribution in [0, 0.1) is 25.5 Å². The summed E-state index contributed by atoms with van der Waals surface area (Å²) < 4.78 is 33.9. The number of aromatic nitrogens is 3. The number of hydrogen-bond donors (Lipinski definition) is 1. The van der Waals surface area contributed by atoms with Crippen molar-refractivity contribution in [3.63, 3.8) is 0 Å². The van der Waals surface area contributed by atoms with E-state index in [1.54, 1.807) is 13.8 Å². The molecule has 0 bridgehead atoms. The number of carbonyl (C=O) groups excluding carboxylic acids is 1. The molecule has 1 unspecified atom stereocenters. The summed E-state index contributed by atoms with van der Waals surface area (Å²) in [5.41, 5.74) is -2.08. The van der Waals surface area contributed by atoms with Gasteiger partial charge in [-0.1, -0.05) is 11.6 Å². The summed E-state index contributed by atoms with van der Waals surface area (Å²) in [7, 11) is 1.08. The van der Waals surface area contributed by atoms with Gasteiger partial charge in [0.25, 0.3) is 5.56 Å². The van der Waals surface area contributed by atoms with Crippen LogP contribution in [0.5, 0.6) is 5.75 Å². The summed E-state index contributed by atoms with van der Waals surface area (Å²) in [4.78, 5) is 32.3. The largest absolute Gasteiger partial charge is 0.464 e. The van der Waals surface area contributed by atoms with Crippen LogP contribution in [0.3, 0.4) is 0 Å². The molecule has 3 aromatic rings. The van der Waals surface area contributed by atoms with Crippen molar-refractivity contribution in [2.75, 3.05) is 0 Å². The Morgan fingerprint density at radius 1 is 1.23 bits per heavy atom. The van der Waals surface area contributed by atoms with Crippen molar-refractivity contribution in [2.45, 2.75) is 26.5 Å². The van der Waals surface area contributed by atoms with Crippen LogP contribution in [0.1, 0.15) is 34.4 Å². The maximum Gasteiger partial charge on any atom is 0.277 e. The minimum atomic E-state index is -2.35. The lowest BCUT2D eigenvalue weighted by Crippen LogP contribution is -2.36. The van der Waals surface area contributed by atoms with Crippen molar-refractivity contribution < 1.29 is 23.4 Å². The second-order valence-electron chi connectivity index (χ2n) is 7.09. The minimum absolute atomic E-state index is 0.171. The highest BCUT2D eigenvalue weighted by atomic mass is 35.5. The van der Waals surface area contributed by atoms with Crippen LogP contribution < -0.4 is 10.3 Å². The average molecular weight is 448 g/mol. The summed E-state index contributed by atoms with van der Waals surface area (Å²) >= 11 is 6.21. The summed E-state index contributed by atoms with van der Waals surface area (Å²) in [6, 6.07) is 3.38. The maximum absolute atomic E-state index is 14.1. The van der Waals surface area contributed by atoms with Crippen molar-refractivity contribution in [1.29, 1.82) is 0 Å². The molecular formula is C20H17BClF2N3O4. The van der Waals surface area contributed by atoms with Gasteiger partial charge in [-0.15, -0.1) is 0 Å². The van der Waals surface area contributed by atoms with Gasteiger partial charge in [-0.25, -0.2) is 13.8 Å². The fraction of sp³-hybridized carbons (Fsp3) is 0.200. The lowest BCUT2D eigenvalue weighted by atomic mass is 9.90. The Labute approximate surface area is 181 Å². The van der Waals surface area contributed by atoms with E-state index in [1.165, 1.54) is 29.8 Å². The van der Waals surface area contributed by atoms with E-state index in [-0.39, 0.29) is 17.2 Å². The minimum Gasteiger partial charge on any atom is -0.464 e. The van der Waals surface area contributed by atoms with E-state index < -0.39 is 33.6 Å². The molecule has 160 valence electrons. The van der Waals surface area contributed by atoms with E-state index in [1.807, 2.05) is 0 Å². The molecule has 11 heteroatoms. The Hall–Kier alpha value is -3.11. The van der Waals surface area contributed by atoms with Gasteiger partial charge < -0.3 is 9.84 Å². The number of ketones is 1. The highest BCUT2D eigenvalue weighted by Gasteiger charge is 2.32. The zero-order valence-electron chi connectivity index (χ0n) is 17.0. The third-order valence-electron chi connectivity index (χ3n) is 4.53. The van der Waals surface area contributed by atoms with E-state index in [0.717, 1.165) is 14.0 Å². The van der Waals surface area contributed by atoms with Gasteiger partial charge >= 0.3 is 0 Å². The predicted octanol–water partition coefficient (Wildman–Crippen LogP) is 2.19. The Morgan fingerprint density at radius 2 is 1.90 bits per heavy atom. The van der Waals surface area contributed by atoms with Crippen molar-refractivity contribution in [3.05, 3.63) is 80.2 Å². The van der Waals surface area contributed by atoms with E-state index in [0.29, 0.717) is 23.0 Å². The molecule has 31 heavy (non-hydrogen) atoms. The molecule has 0 saturated carbocycles. The van der Waals surface area contributed by atoms with Crippen molar-refractivity contribution in [3.8, 4) is 11.4 Å². The topological polar surface area (TPSA) is 94.3 Å². The smallest absolute Gasteiger partial charge is 0.277 e. The molecule has 0 saturated heterocycles. The van der Waals surface area contributed by atoms with Crippen LogP contribution in [-0.2, 0) is 5.69 Å². The number of ether oxygens (including phenoxy) is 1. The first-order valence-electron chi connectivity index (χ1n) is 9.05.